The molecule has 2 heterocycles. The zero-order valence-electron chi connectivity index (χ0n) is 32.5. The Bertz CT molecular complexity index is 2310. The minimum absolute atomic E-state index is 0.0662. The Hall–Kier alpha value is -7.14. The van der Waals surface area contributed by atoms with Crippen LogP contribution in [0.1, 0.15) is 11.1 Å². The Kier molecular flexibility index (Phi) is 11.6. The second-order valence-electron chi connectivity index (χ2n) is 12.6. The average Bonchev–Trinajstić information content (AvgIpc) is 3.81. The van der Waals surface area contributed by atoms with Crippen LogP contribution in [-0.2, 0) is 32.0 Å². The molecular formula is C40H40N6O11. The highest BCUT2D eigenvalue weighted by atomic mass is 16.6. The normalized spacial score (nSPS) is 10.9. The molecule has 0 aliphatic carbocycles. The highest BCUT2D eigenvalue weighted by molar-refractivity contribution is 5.83. The van der Waals surface area contributed by atoms with Gasteiger partial charge in [0.05, 0.1) is 101 Å². The first-order chi connectivity index (χ1) is 27.5. The number of aromatic nitrogens is 4. The van der Waals surface area contributed by atoms with E-state index in [1.807, 2.05) is 35.4 Å². The average molecular weight is 781 g/mol. The van der Waals surface area contributed by atoms with E-state index in [1.54, 1.807) is 49.1 Å². The number of nitro groups is 2. The van der Waals surface area contributed by atoms with Gasteiger partial charge >= 0.3 is 11.4 Å². The fourth-order valence-corrected chi connectivity index (χ4v) is 6.77. The topological polar surface area (TPSA) is 187 Å². The largest absolute Gasteiger partial charge is 0.493 e. The van der Waals surface area contributed by atoms with Gasteiger partial charge in [-0.1, -0.05) is 0 Å². The number of nitro benzene ring substituents is 2. The summed E-state index contributed by atoms with van der Waals surface area (Å²) in [6.45, 7) is 0.132. The van der Waals surface area contributed by atoms with Crippen molar-refractivity contribution in [2.45, 2.75) is 13.2 Å². The van der Waals surface area contributed by atoms with Crippen molar-refractivity contribution in [2.75, 3.05) is 42.7 Å². The molecule has 0 saturated heterocycles. The quantitative estimate of drug-likeness (QED) is 0.0699. The van der Waals surface area contributed by atoms with E-state index in [0.29, 0.717) is 79.2 Å². The Morgan fingerprint density at radius 1 is 0.526 bits per heavy atom. The summed E-state index contributed by atoms with van der Waals surface area (Å²) in [5, 5.41) is 23.7. The SMILES string of the molecule is COc1ccc(-c2ncn(C)c2-c2cc(COCc3cc(-c4c(-c5ccc(OC)c([N+](=O)[O-])c5)ncn4C)cc(OC)c3OC)c(OC)c(OC)c2)cc1[N+](=O)[O-]. The third-order valence-corrected chi connectivity index (χ3v) is 9.35. The van der Waals surface area contributed by atoms with Gasteiger partial charge < -0.3 is 42.3 Å². The maximum atomic E-state index is 11.8. The molecule has 0 spiro atoms. The molecule has 6 aromatic rings. The number of hydrogen-bond acceptors (Lipinski definition) is 13. The van der Waals surface area contributed by atoms with E-state index in [-0.39, 0.29) is 36.1 Å². The number of methoxy groups -OCH3 is 6. The van der Waals surface area contributed by atoms with Gasteiger partial charge in [0, 0.05) is 59.6 Å². The minimum Gasteiger partial charge on any atom is -0.493 e. The third kappa shape index (κ3) is 7.59. The lowest BCUT2D eigenvalue weighted by atomic mass is 10.0. The molecule has 296 valence electrons. The third-order valence-electron chi connectivity index (χ3n) is 9.35. The van der Waals surface area contributed by atoms with Gasteiger partial charge in [-0.25, -0.2) is 9.97 Å². The van der Waals surface area contributed by atoms with Crippen LogP contribution in [0.3, 0.4) is 0 Å². The fraction of sp³-hybridized carbons (Fsp3) is 0.250. The van der Waals surface area contributed by atoms with Crippen LogP contribution in [0.5, 0.6) is 34.5 Å². The van der Waals surface area contributed by atoms with Gasteiger partial charge in [-0.3, -0.25) is 20.2 Å². The molecule has 0 unspecified atom stereocenters. The number of benzene rings is 4. The highest BCUT2D eigenvalue weighted by Gasteiger charge is 2.25. The molecule has 0 bridgehead atoms. The molecule has 17 heteroatoms. The second-order valence-corrected chi connectivity index (χ2v) is 12.6. The van der Waals surface area contributed by atoms with Crippen molar-refractivity contribution in [3.8, 4) is 79.5 Å². The van der Waals surface area contributed by atoms with Gasteiger partial charge in [0.15, 0.2) is 34.5 Å². The van der Waals surface area contributed by atoms with E-state index in [2.05, 4.69) is 9.97 Å². The molecule has 0 N–H and O–H groups in total. The van der Waals surface area contributed by atoms with Crippen molar-refractivity contribution in [1.82, 2.24) is 19.1 Å². The zero-order valence-corrected chi connectivity index (χ0v) is 32.5. The number of imidazole rings is 2. The maximum absolute atomic E-state index is 11.8. The first-order valence-corrected chi connectivity index (χ1v) is 17.2. The molecule has 6 rings (SSSR count). The van der Waals surface area contributed by atoms with Crippen LogP contribution < -0.4 is 28.4 Å². The van der Waals surface area contributed by atoms with Crippen molar-refractivity contribution in [3.05, 3.63) is 105 Å². The van der Waals surface area contributed by atoms with Crippen molar-refractivity contribution in [3.63, 3.8) is 0 Å². The van der Waals surface area contributed by atoms with Crippen LogP contribution >= 0.6 is 0 Å². The standard InChI is InChI=1S/C40H40N6O11/c1-43-21-41-35(23-9-11-31(51-3)29(15-23)45(47)48)37(43)25-13-27(39(55-7)33(17-25)53-5)19-57-20-28-14-26(18-34(54-6)40(28)56-8)38-36(42-22-44(38)2)24-10-12-32(52-4)30(16-24)46(49)50/h9-18,21-22H,19-20H2,1-8H3. The van der Waals surface area contributed by atoms with E-state index >= 15 is 0 Å². The molecule has 57 heavy (non-hydrogen) atoms. The van der Waals surface area contributed by atoms with Gasteiger partial charge in [0.1, 0.15) is 0 Å². The first-order valence-electron chi connectivity index (χ1n) is 17.2. The summed E-state index contributed by atoms with van der Waals surface area (Å²) < 4.78 is 43.5. The molecule has 4 aromatic carbocycles. The fourth-order valence-electron chi connectivity index (χ4n) is 6.77. The van der Waals surface area contributed by atoms with Crippen LogP contribution in [0.25, 0.3) is 45.0 Å². The molecule has 0 radical (unpaired) electrons. The maximum Gasteiger partial charge on any atom is 0.311 e. The monoisotopic (exact) mass is 780 g/mol. The van der Waals surface area contributed by atoms with E-state index in [9.17, 15) is 20.2 Å². The van der Waals surface area contributed by atoms with Crippen molar-refractivity contribution < 1.29 is 43.0 Å². The molecule has 0 aliphatic rings. The van der Waals surface area contributed by atoms with Crippen LogP contribution in [0, 0.1) is 20.2 Å². The zero-order chi connectivity index (χ0) is 41.0. The Morgan fingerprint density at radius 3 is 1.25 bits per heavy atom. The van der Waals surface area contributed by atoms with Crippen LogP contribution in [0.4, 0.5) is 11.4 Å². The number of hydrogen-bond donors (Lipinski definition) is 0. The van der Waals surface area contributed by atoms with E-state index in [1.165, 1.54) is 54.8 Å². The summed E-state index contributed by atoms with van der Waals surface area (Å²) in [4.78, 5) is 31.9. The van der Waals surface area contributed by atoms with Gasteiger partial charge in [-0.15, -0.1) is 0 Å². The van der Waals surface area contributed by atoms with Crippen molar-refractivity contribution in [2.24, 2.45) is 14.1 Å². The Labute approximate surface area is 327 Å². The Morgan fingerprint density at radius 2 is 0.912 bits per heavy atom. The molecule has 17 nitrogen and oxygen atoms in total. The van der Waals surface area contributed by atoms with Gasteiger partial charge in [0.25, 0.3) is 0 Å². The van der Waals surface area contributed by atoms with E-state index < -0.39 is 9.85 Å². The lowest BCUT2D eigenvalue weighted by Gasteiger charge is -2.18. The number of ether oxygens (including phenoxy) is 7. The van der Waals surface area contributed by atoms with Crippen molar-refractivity contribution >= 4 is 11.4 Å². The number of rotatable bonds is 16. The summed E-state index contributed by atoms with van der Waals surface area (Å²) in [5.41, 5.74) is 5.73. The Balaban J connectivity index is 1.37. The van der Waals surface area contributed by atoms with Gasteiger partial charge in [-0.05, 0) is 48.5 Å². The lowest BCUT2D eigenvalue weighted by Crippen LogP contribution is -2.04. The summed E-state index contributed by atoms with van der Waals surface area (Å²) in [6.07, 6.45) is 3.26. The summed E-state index contributed by atoms with van der Waals surface area (Å²) in [6, 6.07) is 16.8. The second kappa shape index (κ2) is 16.7. The van der Waals surface area contributed by atoms with E-state index in [4.69, 9.17) is 33.2 Å². The molecule has 0 amide bonds. The molecule has 0 aliphatic heterocycles. The molecular weight excluding hydrogens is 740 g/mol. The lowest BCUT2D eigenvalue weighted by molar-refractivity contribution is -0.385. The summed E-state index contributed by atoms with van der Waals surface area (Å²) in [5.74, 6) is 2.05. The van der Waals surface area contributed by atoms with Crippen LogP contribution in [-0.4, -0.2) is 71.6 Å². The van der Waals surface area contributed by atoms with Crippen LogP contribution in [0.15, 0.2) is 73.3 Å². The molecule has 0 atom stereocenters. The number of nitrogens with zero attached hydrogens (tertiary/aromatic N) is 6. The highest BCUT2D eigenvalue weighted by Crippen LogP contribution is 2.43. The summed E-state index contributed by atoms with van der Waals surface area (Å²) >= 11 is 0. The van der Waals surface area contributed by atoms with Gasteiger partial charge in [-0.2, -0.15) is 0 Å². The molecule has 0 saturated carbocycles. The minimum atomic E-state index is -0.498. The predicted molar refractivity (Wildman–Crippen MR) is 209 cm³/mol. The summed E-state index contributed by atoms with van der Waals surface area (Å²) in [7, 11) is 12.5. The van der Waals surface area contributed by atoms with Crippen LogP contribution in [0.2, 0.25) is 0 Å². The van der Waals surface area contributed by atoms with E-state index in [0.717, 1.165) is 0 Å². The number of aryl methyl sites for hydroxylation is 2. The first kappa shape index (κ1) is 39.6. The van der Waals surface area contributed by atoms with Gasteiger partial charge in [0.2, 0.25) is 0 Å². The van der Waals surface area contributed by atoms with Crippen molar-refractivity contribution in [1.29, 1.82) is 0 Å². The predicted octanol–water partition coefficient (Wildman–Crippen LogP) is 7.41. The molecule has 0 fully saturated rings. The molecule has 2 aromatic heterocycles. The smallest absolute Gasteiger partial charge is 0.311 e.